The van der Waals surface area contributed by atoms with E-state index >= 15 is 0 Å². The lowest BCUT2D eigenvalue weighted by Gasteiger charge is -2.12. The molecule has 0 atom stereocenters. The second kappa shape index (κ2) is 6.16. The van der Waals surface area contributed by atoms with E-state index in [-0.39, 0.29) is 5.56 Å². The van der Waals surface area contributed by atoms with Crippen molar-refractivity contribution in [3.05, 3.63) is 36.2 Å². The monoisotopic (exact) mass is 337 g/mol. The number of aryl methyl sites for hydroxylation is 1. The Morgan fingerprint density at radius 2 is 1.92 bits per heavy atom. The van der Waals surface area contributed by atoms with E-state index in [0.717, 1.165) is 41.2 Å². The predicted molar refractivity (Wildman–Crippen MR) is 94.6 cm³/mol. The third-order valence-electron chi connectivity index (χ3n) is 4.74. The first-order chi connectivity index (χ1) is 12.1. The van der Waals surface area contributed by atoms with Crippen LogP contribution in [0.5, 0.6) is 0 Å². The maximum atomic E-state index is 11.0. The van der Waals surface area contributed by atoms with Crippen LogP contribution >= 0.6 is 0 Å². The van der Waals surface area contributed by atoms with Gasteiger partial charge in [-0.05, 0) is 25.0 Å². The molecule has 1 fully saturated rings. The van der Waals surface area contributed by atoms with Crippen LogP contribution in [0.4, 0.5) is 5.82 Å². The fourth-order valence-electron chi connectivity index (χ4n) is 3.39. The van der Waals surface area contributed by atoms with Crippen LogP contribution in [-0.2, 0) is 7.05 Å². The Morgan fingerprint density at radius 3 is 2.60 bits per heavy atom. The number of nitrogens with zero attached hydrogens (tertiary/aromatic N) is 4. The molecule has 0 unspecified atom stereocenters. The largest absolute Gasteiger partial charge is 0.478 e. The first-order valence-electron chi connectivity index (χ1n) is 8.41. The summed E-state index contributed by atoms with van der Waals surface area (Å²) in [5.74, 6) is 0.563. The molecule has 1 aromatic carbocycles. The highest BCUT2D eigenvalue weighted by atomic mass is 16.4. The van der Waals surface area contributed by atoms with Crippen molar-refractivity contribution in [2.24, 2.45) is 7.05 Å². The molecular weight excluding hydrogens is 318 g/mol. The summed E-state index contributed by atoms with van der Waals surface area (Å²) < 4.78 is 1.91. The van der Waals surface area contributed by atoms with Crippen LogP contribution in [0, 0.1) is 0 Å². The number of nitrogens with one attached hydrogen (secondary N) is 1. The summed E-state index contributed by atoms with van der Waals surface area (Å²) in [6.07, 6.45) is 6.35. The van der Waals surface area contributed by atoms with Gasteiger partial charge in [0.25, 0.3) is 0 Å². The highest BCUT2D eigenvalue weighted by molar-refractivity contribution is 5.89. The van der Waals surface area contributed by atoms with E-state index < -0.39 is 5.97 Å². The third kappa shape index (κ3) is 2.82. The van der Waals surface area contributed by atoms with Gasteiger partial charge in [0.15, 0.2) is 17.0 Å². The average molecular weight is 337 g/mol. The lowest BCUT2D eigenvalue weighted by atomic mass is 10.1. The summed E-state index contributed by atoms with van der Waals surface area (Å²) in [6.45, 7) is 0. The van der Waals surface area contributed by atoms with Crippen molar-refractivity contribution < 1.29 is 9.90 Å². The maximum Gasteiger partial charge on any atom is 0.335 e. The summed E-state index contributed by atoms with van der Waals surface area (Å²) in [5.41, 5.74) is 2.60. The van der Waals surface area contributed by atoms with E-state index in [1.54, 1.807) is 30.6 Å². The third-order valence-corrected chi connectivity index (χ3v) is 4.74. The number of carbonyl (C=O) groups is 1. The second-order valence-corrected chi connectivity index (χ2v) is 6.40. The number of anilines is 1. The zero-order chi connectivity index (χ0) is 17.4. The fourth-order valence-corrected chi connectivity index (χ4v) is 3.39. The molecule has 0 amide bonds. The minimum absolute atomic E-state index is 0.255. The summed E-state index contributed by atoms with van der Waals surface area (Å²) in [6, 6.07) is 7.14. The minimum atomic E-state index is -0.939. The zero-order valence-corrected chi connectivity index (χ0v) is 13.9. The van der Waals surface area contributed by atoms with Crippen molar-refractivity contribution in [3.63, 3.8) is 0 Å². The van der Waals surface area contributed by atoms with Crippen molar-refractivity contribution >= 4 is 23.0 Å². The number of carboxylic acids is 1. The average Bonchev–Trinajstić information content (AvgIpc) is 3.24. The molecule has 7 heteroatoms. The van der Waals surface area contributed by atoms with Crippen molar-refractivity contribution in [3.8, 4) is 11.4 Å². The SMILES string of the molecule is Cn1c(-c2ccc(C(=O)O)cc2)nc2c(NC3CCCC3)ncnc21. The van der Waals surface area contributed by atoms with E-state index in [1.165, 1.54) is 12.8 Å². The van der Waals surface area contributed by atoms with Crippen LogP contribution in [0.15, 0.2) is 30.6 Å². The highest BCUT2D eigenvalue weighted by Crippen LogP contribution is 2.28. The van der Waals surface area contributed by atoms with Gasteiger partial charge in [-0.1, -0.05) is 25.0 Å². The fraction of sp³-hybridized carbons (Fsp3) is 0.333. The molecule has 4 rings (SSSR count). The molecule has 1 aliphatic carbocycles. The Labute approximate surface area is 144 Å². The molecule has 128 valence electrons. The lowest BCUT2D eigenvalue weighted by Crippen LogP contribution is -2.15. The Kier molecular flexibility index (Phi) is 3.83. The Balaban J connectivity index is 1.74. The smallest absolute Gasteiger partial charge is 0.335 e. The molecule has 0 bridgehead atoms. The Morgan fingerprint density at radius 1 is 1.20 bits per heavy atom. The van der Waals surface area contributed by atoms with Gasteiger partial charge in [0, 0.05) is 18.7 Å². The van der Waals surface area contributed by atoms with E-state index in [0.29, 0.717) is 6.04 Å². The molecule has 0 aliphatic heterocycles. The van der Waals surface area contributed by atoms with Gasteiger partial charge in [0.2, 0.25) is 0 Å². The molecule has 2 heterocycles. The Bertz CT molecular complexity index is 927. The number of aromatic nitrogens is 4. The van der Waals surface area contributed by atoms with E-state index in [9.17, 15) is 4.79 Å². The summed E-state index contributed by atoms with van der Waals surface area (Å²) in [4.78, 5) is 24.5. The number of fused-ring (bicyclic) bond motifs is 1. The number of carboxylic acid groups (broad SMARTS) is 1. The van der Waals surface area contributed by atoms with Crippen LogP contribution in [0.1, 0.15) is 36.0 Å². The number of hydrogen-bond donors (Lipinski definition) is 2. The number of hydrogen-bond acceptors (Lipinski definition) is 5. The molecule has 2 N–H and O–H groups in total. The van der Waals surface area contributed by atoms with Gasteiger partial charge < -0.3 is 15.0 Å². The molecule has 2 aromatic heterocycles. The van der Waals surface area contributed by atoms with Crippen LogP contribution in [0.3, 0.4) is 0 Å². The van der Waals surface area contributed by atoms with Crippen LogP contribution < -0.4 is 5.32 Å². The molecule has 0 saturated heterocycles. The number of benzene rings is 1. The van der Waals surface area contributed by atoms with E-state index in [2.05, 4.69) is 15.3 Å². The normalized spacial score (nSPS) is 14.9. The van der Waals surface area contributed by atoms with Crippen LogP contribution in [0.2, 0.25) is 0 Å². The summed E-state index contributed by atoms with van der Waals surface area (Å²) in [5, 5.41) is 12.5. The maximum absolute atomic E-state index is 11.0. The summed E-state index contributed by atoms with van der Waals surface area (Å²) in [7, 11) is 1.90. The number of rotatable bonds is 4. The number of aromatic carboxylic acids is 1. The topological polar surface area (TPSA) is 92.9 Å². The first-order valence-corrected chi connectivity index (χ1v) is 8.41. The quantitative estimate of drug-likeness (QED) is 0.760. The van der Waals surface area contributed by atoms with Gasteiger partial charge in [-0.3, -0.25) is 0 Å². The van der Waals surface area contributed by atoms with Gasteiger partial charge in [-0.15, -0.1) is 0 Å². The molecule has 1 aliphatic rings. The van der Waals surface area contributed by atoms with Gasteiger partial charge in [0.05, 0.1) is 5.56 Å². The van der Waals surface area contributed by atoms with Crippen molar-refractivity contribution in [2.45, 2.75) is 31.7 Å². The first kappa shape index (κ1) is 15.6. The molecule has 0 radical (unpaired) electrons. The number of imidazole rings is 1. The van der Waals surface area contributed by atoms with Crippen LogP contribution in [0.25, 0.3) is 22.6 Å². The molecule has 0 spiro atoms. The van der Waals surface area contributed by atoms with E-state index in [4.69, 9.17) is 10.1 Å². The lowest BCUT2D eigenvalue weighted by molar-refractivity contribution is 0.0697. The van der Waals surface area contributed by atoms with Gasteiger partial charge in [-0.25, -0.2) is 19.7 Å². The highest BCUT2D eigenvalue weighted by Gasteiger charge is 2.19. The van der Waals surface area contributed by atoms with E-state index in [1.807, 2.05) is 11.6 Å². The summed E-state index contributed by atoms with van der Waals surface area (Å²) >= 11 is 0. The predicted octanol–water partition coefficient (Wildman–Crippen LogP) is 3.08. The van der Waals surface area contributed by atoms with Crippen molar-refractivity contribution in [1.29, 1.82) is 0 Å². The molecule has 1 saturated carbocycles. The molecule has 25 heavy (non-hydrogen) atoms. The molecular formula is C18H19N5O2. The van der Waals surface area contributed by atoms with Gasteiger partial charge in [0.1, 0.15) is 12.2 Å². The van der Waals surface area contributed by atoms with Gasteiger partial charge in [-0.2, -0.15) is 0 Å². The Hall–Kier alpha value is -2.96. The van der Waals surface area contributed by atoms with Gasteiger partial charge >= 0.3 is 5.97 Å². The molecule has 7 nitrogen and oxygen atoms in total. The van der Waals surface area contributed by atoms with Crippen LogP contribution in [-0.4, -0.2) is 36.6 Å². The van der Waals surface area contributed by atoms with Crippen molar-refractivity contribution in [1.82, 2.24) is 19.5 Å². The van der Waals surface area contributed by atoms with Crippen molar-refractivity contribution in [2.75, 3.05) is 5.32 Å². The molecule has 3 aromatic rings. The zero-order valence-electron chi connectivity index (χ0n) is 13.9. The standard InChI is InChI=1S/C18H19N5O2/c1-23-16(11-6-8-12(9-7-11)18(24)25)22-14-15(19-10-20-17(14)23)21-13-4-2-3-5-13/h6-10,13H,2-5H2,1H3,(H,24,25)(H,19,20,21). The minimum Gasteiger partial charge on any atom is -0.478 e. The second-order valence-electron chi connectivity index (χ2n) is 6.40.